The molecule has 0 saturated carbocycles. The van der Waals surface area contributed by atoms with Gasteiger partial charge in [-0.1, -0.05) is 0 Å². The topological polar surface area (TPSA) is 138 Å². The summed E-state index contributed by atoms with van der Waals surface area (Å²) < 4.78 is 18.7. The summed E-state index contributed by atoms with van der Waals surface area (Å²) in [6.45, 7) is 19.7. The van der Waals surface area contributed by atoms with E-state index in [0.29, 0.717) is 75.5 Å². The predicted octanol–water partition coefficient (Wildman–Crippen LogP) is 5.47. The normalized spacial score (nSPS) is 17.9. The van der Waals surface area contributed by atoms with Crippen LogP contribution in [0.1, 0.15) is 73.8 Å². The van der Waals surface area contributed by atoms with E-state index in [4.69, 9.17) is 19.2 Å². The number of pyridine rings is 2. The summed E-state index contributed by atoms with van der Waals surface area (Å²) in [6.07, 6.45) is 5.57. The van der Waals surface area contributed by atoms with Crippen LogP contribution < -0.4 is 15.0 Å². The molecule has 0 atom stereocenters. The van der Waals surface area contributed by atoms with Crippen LogP contribution in [0.5, 0.6) is 5.75 Å². The SMILES string of the molecule is CCOc1cc(-c2ccc(N3CCC(CN4CCN(C(=O)OC(C)(C)C)C(C)(C)C4)(NC(=O)OC(C)C)CC3)nc2)c2c(C#N)cnn2c1. The van der Waals surface area contributed by atoms with Gasteiger partial charge in [0.15, 0.2) is 0 Å². The first-order chi connectivity index (χ1) is 23.1. The monoisotopic (exact) mass is 674 g/mol. The molecule has 2 saturated heterocycles. The molecule has 264 valence electrons. The third kappa shape index (κ3) is 8.36. The van der Waals surface area contributed by atoms with Gasteiger partial charge in [0.25, 0.3) is 0 Å². The summed E-state index contributed by atoms with van der Waals surface area (Å²) >= 11 is 0. The molecule has 0 radical (unpaired) electrons. The Labute approximate surface area is 289 Å². The van der Waals surface area contributed by atoms with Gasteiger partial charge in [-0.2, -0.15) is 10.4 Å². The standard InChI is InChI=1S/C36H50N8O5/c1-9-47-28-18-29(31-27(19-37)21-39-44(31)22-28)26-10-11-30(38-20-26)42-14-12-36(13-15-42,40-32(45)48-25(2)3)24-41-16-17-43(35(7,8)23-41)33(46)49-34(4,5)6/h10-11,18,20-22,25H,9,12-17,23-24H2,1-8H3,(H,40,45). The number of hydrogen-bond donors (Lipinski definition) is 1. The zero-order valence-corrected chi connectivity index (χ0v) is 30.1. The van der Waals surface area contributed by atoms with Crippen molar-refractivity contribution in [1.29, 1.82) is 5.26 Å². The highest BCUT2D eigenvalue weighted by Crippen LogP contribution is 2.33. The molecule has 0 bridgehead atoms. The predicted molar refractivity (Wildman–Crippen MR) is 187 cm³/mol. The molecule has 5 rings (SSSR count). The number of ether oxygens (including phenoxy) is 3. The Hall–Kier alpha value is -4.57. The fourth-order valence-electron chi connectivity index (χ4n) is 6.80. The van der Waals surface area contributed by atoms with Crippen LogP contribution in [0.25, 0.3) is 16.6 Å². The number of alkyl carbamates (subject to hydrolysis) is 1. The van der Waals surface area contributed by atoms with Crippen molar-refractivity contribution in [2.45, 2.75) is 91.0 Å². The third-order valence-electron chi connectivity index (χ3n) is 8.95. The van der Waals surface area contributed by atoms with Crippen molar-refractivity contribution in [2.24, 2.45) is 0 Å². The molecule has 13 heteroatoms. The number of amides is 2. The van der Waals surface area contributed by atoms with Crippen LogP contribution in [0.15, 0.2) is 36.8 Å². The van der Waals surface area contributed by atoms with Crippen LogP contribution in [-0.2, 0) is 9.47 Å². The average Bonchev–Trinajstić information content (AvgIpc) is 3.42. The number of nitrogens with one attached hydrogen (secondary N) is 1. The Kier molecular flexibility index (Phi) is 10.3. The van der Waals surface area contributed by atoms with Gasteiger partial charge in [-0.3, -0.25) is 4.90 Å². The summed E-state index contributed by atoms with van der Waals surface area (Å²) in [7, 11) is 0. The van der Waals surface area contributed by atoms with Crippen molar-refractivity contribution < 1.29 is 23.8 Å². The maximum absolute atomic E-state index is 13.0. The maximum Gasteiger partial charge on any atom is 0.410 e. The number of carbonyl (C=O) groups is 2. The van der Waals surface area contributed by atoms with E-state index in [0.717, 1.165) is 16.9 Å². The molecule has 3 aromatic rings. The number of piperidine rings is 1. The van der Waals surface area contributed by atoms with Gasteiger partial charge in [0.05, 0.1) is 47.3 Å². The molecule has 0 spiro atoms. The molecule has 3 aromatic heterocycles. The molecule has 2 aliphatic heterocycles. The van der Waals surface area contributed by atoms with Gasteiger partial charge < -0.3 is 29.3 Å². The van der Waals surface area contributed by atoms with E-state index in [9.17, 15) is 14.9 Å². The Morgan fingerprint density at radius 2 is 1.84 bits per heavy atom. The molecule has 0 aromatic carbocycles. The Balaban J connectivity index is 1.31. The second kappa shape index (κ2) is 14.1. The lowest BCUT2D eigenvalue weighted by Crippen LogP contribution is -2.66. The molecule has 0 unspecified atom stereocenters. The number of piperazine rings is 1. The highest BCUT2D eigenvalue weighted by Gasteiger charge is 2.44. The second-order valence-corrected chi connectivity index (χ2v) is 14.9. The fourth-order valence-corrected chi connectivity index (χ4v) is 6.80. The van der Waals surface area contributed by atoms with Gasteiger partial charge in [0.1, 0.15) is 23.2 Å². The van der Waals surface area contributed by atoms with Crippen molar-refractivity contribution in [3.8, 4) is 22.9 Å². The highest BCUT2D eigenvalue weighted by atomic mass is 16.6. The molecule has 2 fully saturated rings. The Morgan fingerprint density at radius 3 is 2.43 bits per heavy atom. The summed E-state index contributed by atoms with van der Waals surface area (Å²) in [4.78, 5) is 37.2. The van der Waals surface area contributed by atoms with Crippen molar-refractivity contribution in [2.75, 3.05) is 50.8 Å². The van der Waals surface area contributed by atoms with Crippen LogP contribution in [0.3, 0.4) is 0 Å². The summed E-state index contributed by atoms with van der Waals surface area (Å²) in [5.41, 5.74) is 1.31. The summed E-state index contributed by atoms with van der Waals surface area (Å²) in [5, 5.41) is 17.3. The van der Waals surface area contributed by atoms with E-state index < -0.39 is 22.8 Å². The first kappa shape index (κ1) is 35.7. The van der Waals surface area contributed by atoms with Crippen molar-refractivity contribution in [3.63, 3.8) is 0 Å². The minimum absolute atomic E-state index is 0.238. The number of anilines is 1. The fraction of sp³-hybridized carbons (Fsp3) is 0.583. The summed E-state index contributed by atoms with van der Waals surface area (Å²) in [6, 6.07) is 8.16. The number of hydrogen-bond acceptors (Lipinski definition) is 10. The van der Waals surface area contributed by atoms with Crippen LogP contribution in [-0.4, -0.2) is 105 Å². The van der Waals surface area contributed by atoms with Crippen molar-refractivity contribution in [3.05, 3.63) is 42.4 Å². The lowest BCUT2D eigenvalue weighted by Gasteiger charge is -2.50. The minimum atomic E-state index is -0.569. The van der Waals surface area contributed by atoms with E-state index in [1.807, 2.05) is 70.8 Å². The smallest absolute Gasteiger partial charge is 0.410 e. The van der Waals surface area contributed by atoms with E-state index in [1.165, 1.54) is 0 Å². The summed E-state index contributed by atoms with van der Waals surface area (Å²) in [5.74, 6) is 1.49. The number of rotatable bonds is 8. The van der Waals surface area contributed by atoms with Crippen LogP contribution in [0, 0.1) is 11.3 Å². The lowest BCUT2D eigenvalue weighted by molar-refractivity contribution is -0.0283. The molecule has 5 heterocycles. The molecular weight excluding hydrogens is 624 g/mol. The maximum atomic E-state index is 13.0. The van der Waals surface area contributed by atoms with Gasteiger partial charge in [-0.15, -0.1) is 0 Å². The van der Waals surface area contributed by atoms with Crippen LogP contribution in [0.4, 0.5) is 15.4 Å². The molecule has 49 heavy (non-hydrogen) atoms. The molecule has 2 aliphatic rings. The van der Waals surface area contributed by atoms with Gasteiger partial charge in [0, 0.05) is 56.6 Å². The number of aromatic nitrogens is 3. The van der Waals surface area contributed by atoms with Crippen molar-refractivity contribution >= 4 is 23.5 Å². The average molecular weight is 675 g/mol. The minimum Gasteiger partial charge on any atom is -0.492 e. The van der Waals surface area contributed by atoms with Gasteiger partial charge in [-0.05, 0) is 86.4 Å². The number of fused-ring (bicyclic) bond motifs is 1. The van der Waals surface area contributed by atoms with E-state index >= 15 is 0 Å². The van der Waals surface area contributed by atoms with Crippen LogP contribution in [0.2, 0.25) is 0 Å². The highest BCUT2D eigenvalue weighted by molar-refractivity contribution is 5.85. The quantitative estimate of drug-likeness (QED) is 0.327. The largest absolute Gasteiger partial charge is 0.492 e. The number of carbonyl (C=O) groups excluding carboxylic acids is 2. The molecule has 0 aliphatic carbocycles. The molecule has 2 amide bonds. The Bertz CT molecular complexity index is 1680. The third-order valence-corrected chi connectivity index (χ3v) is 8.95. The zero-order chi connectivity index (χ0) is 35.6. The van der Waals surface area contributed by atoms with Crippen LogP contribution >= 0.6 is 0 Å². The zero-order valence-electron chi connectivity index (χ0n) is 30.1. The first-order valence-corrected chi connectivity index (χ1v) is 17.1. The molecular formula is C36H50N8O5. The van der Waals surface area contributed by atoms with Gasteiger partial charge >= 0.3 is 12.2 Å². The van der Waals surface area contributed by atoms with E-state index in [-0.39, 0.29) is 12.2 Å². The molecule has 13 nitrogen and oxygen atoms in total. The van der Waals surface area contributed by atoms with Gasteiger partial charge in [-0.25, -0.2) is 19.1 Å². The van der Waals surface area contributed by atoms with Crippen molar-refractivity contribution in [1.82, 2.24) is 29.7 Å². The van der Waals surface area contributed by atoms with E-state index in [2.05, 4.69) is 40.1 Å². The van der Waals surface area contributed by atoms with E-state index in [1.54, 1.807) is 16.9 Å². The number of nitriles is 1. The lowest BCUT2D eigenvalue weighted by atomic mass is 9.85. The van der Waals surface area contributed by atoms with Gasteiger partial charge in [0.2, 0.25) is 0 Å². The number of nitrogens with zero attached hydrogens (tertiary/aromatic N) is 7. The second-order valence-electron chi connectivity index (χ2n) is 14.9. The Morgan fingerprint density at radius 1 is 1.10 bits per heavy atom. The first-order valence-electron chi connectivity index (χ1n) is 17.1. The molecule has 1 N–H and O–H groups in total.